The molecule has 0 unspecified atom stereocenters. The molecule has 202 valence electrons. The van der Waals surface area contributed by atoms with E-state index in [0.717, 1.165) is 11.5 Å². The van der Waals surface area contributed by atoms with Crippen LogP contribution < -0.4 is 15.4 Å². The Kier molecular flexibility index (Phi) is 8.14. The molecule has 2 heterocycles. The first-order valence-electron chi connectivity index (χ1n) is 13.0. The van der Waals surface area contributed by atoms with Crippen LogP contribution in [0, 0.1) is 18.2 Å². The van der Waals surface area contributed by atoms with E-state index in [-0.39, 0.29) is 35.7 Å². The lowest BCUT2D eigenvalue weighted by Crippen LogP contribution is -2.47. The second-order valence-corrected chi connectivity index (χ2v) is 11.0. The van der Waals surface area contributed by atoms with Gasteiger partial charge in [-0.05, 0) is 77.1 Å². The third kappa shape index (κ3) is 6.20. The number of carbonyl (C=O) groups is 2. The lowest BCUT2D eigenvalue weighted by molar-refractivity contribution is -0.134. The fraction of sp³-hybridized carbons (Fsp3) is 0.448. The van der Waals surface area contributed by atoms with Gasteiger partial charge in [-0.3, -0.25) is 4.79 Å². The highest BCUT2D eigenvalue weighted by molar-refractivity contribution is 5.84. The molecular formula is C29H36FN5O3. The van der Waals surface area contributed by atoms with E-state index in [1.165, 1.54) is 0 Å². The van der Waals surface area contributed by atoms with E-state index in [1.54, 1.807) is 31.3 Å². The largest absolute Gasteiger partial charge is 0.487 e. The van der Waals surface area contributed by atoms with Crippen LogP contribution in [-0.4, -0.2) is 39.6 Å². The highest BCUT2D eigenvalue weighted by atomic mass is 19.1. The number of nitrogens with one attached hydrogen (secondary N) is 2. The Morgan fingerprint density at radius 1 is 1.18 bits per heavy atom. The number of benzene rings is 1. The number of anilines is 2. The average molecular weight is 522 g/mol. The smallest absolute Gasteiger partial charge is 0.226 e. The topological polar surface area (TPSA) is 98.1 Å². The highest BCUT2D eigenvalue weighted by Gasteiger charge is 2.43. The molecule has 1 saturated carbocycles. The Hall–Kier alpha value is -3.75. The molecule has 38 heavy (non-hydrogen) atoms. The molecule has 3 aromatic rings. The molecule has 0 aliphatic heterocycles. The maximum atomic E-state index is 14.5. The molecule has 2 N–H and O–H groups in total. The predicted molar refractivity (Wildman–Crippen MR) is 144 cm³/mol. The summed E-state index contributed by atoms with van der Waals surface area (Å²) in [6, 6.07) is 12.7. The van der Waals surface area contributed by atoms with Crippen molar-refractivity contribution in [3.05, 3.63) is 65.7 Å². The number of nitrogens with zero attached hydrogens (tertiary/aromatic N) is 3. The van der Waals surface area contributed by atoms with Crippen LogP contribution in [0.4, 0.5) is 16.0 Å². The molecule has 0 spiro atoms. The van der Waals surface area contributed by atoms with Gasteiger partial charge >= 0.3 is 0 Å². The van der Waals surface area contributed by atoms with Crippen molar-refractivity contribution in [3.63, 3.8) is 0 Å². The van der Waals surface area contributed by atoms with E-state index in [4.69, 9.17) is 9.72 Å². The number of ether oxygens (including phenoxy) is 1. The average Bonchev–Trinajstić information content (AvgIpc) is 3.35. The number of hydrogen-bond acceptors (Lipinski definition) is 6. The summed E-state index contributed by atoms with van der Waals surface area (Å²) in [5.41, 5.74) is 0.354. The number of aryl methyl sites for hydroxylation is 1. The molecule has 0 radical (unpaired) electrons. The van der Waals surface area contributed by atoms with E-state index in [2.05, 4.69) is 36.5 Å². The lowest BCUT2D eigenvalue weighted by atomic mass is 9.69. The second-order valence-electron chi connectivity index (χ2n) is 11.0. The Labute approximate surface area is 223 Å². The van der Waals surface area contributed by atoms with Crippen molar-refractivity contribution in [2.45, 2.75) is 71.4 Å². The highest BCUT2D eigenvalue weighted by Crippen LogP contribution is 2.41. The first-order valence-corrected chi connectivity index (χ1v) is 13.0. The fourth-order valence-electron chi connectivity index (χ4n) is 5.02. The minimum absolute atomic E-state index is 0.0408. The van der Waals surface area contributed by atoms with E-state index in [0.29, 0.717) is 49.8 Å². The van der Waals surface area contributed by atoms with Crippen molar-refractivity contribution in [1.29, 1.82) is 0 Å². The van der Waals surface area contributed by atoms with Crippen LogP contribution in [0.3, 0.4) is 0 Å². The van der Waals surface area contributed by atoms with E-state index >= 15 is 0 Å². The number of amides is 1. The van der Waals surface area contributed by atoms with Gasteiger partial charge in [0, 0.05) is 18.2 Å². The molecule has 0 atom stereocenters. The van der Waals surface area contributed by atoms with Crippen LogP contribution in [0.25, 0.3) is 0 Å². The van der Waals surface area contributed by atoms with Gasteiger partial charge in [-0.25, -0.2) is 14.1 Å². The maximum Gasteiger partial charge on any atom is 0.226 e. The number of aromatic nitrogens is 3. The zero-order valence-electron chi connectivity index (χ0n) is 22.5. The molecule has 1 aliphatic rings. The van der Waals surface area contributed by atoms with Gasteiger partial charge in [0.05, 0.1) is 29.8 Å². The van der Waals surface area contributed by atoms with Gasteiger partial charge in [-0.15, -0.1) is 0 Å². The van der Waals surface area contributed by atoms with Gasteiger partial charge < -0.3 is 20.2 Å². The van der Waals surface area contributed by atoms with Crippen molar-refractivity contribution in [1.82, 2.24) is 20.1 Å². The first-order chi connectivity index (χ1) is 18.1. The molecule has 1 amide bonds. The Balaban J connectivity index is 1.51. The summed E-state index contributed by atoms with van der Waals surface area (Å²) >= 11 is 0. The molecule has 1 aliphatic carbocycles. The zero-order chi connectivity index (χ0) is 27.3. The minimum atomic E-state index is -0.743. The summed E-state index contributed by atoms with van der Waals surface area (Å²) in [6.07, 6.45) is 4.89. The van der Waals surface area contributed by atoms with Gasteiger partial charge in [-0.1, -0.05) is 18.2 Å². The summed E-state index contributed by atoms with van der Waals surface area (Å²) in [5.74, 6) is 1.19. The Morgan fingerprint density at radius 2 is 1.92 bits per heavy atom. The quantitative estimate of drug-likeness (QED) is 0.381. The number of hydrogen-bond donors (Lipinski definition) is 2. The second kappa shape index (κ2) is 11.3. The van der Waals surface area contributed by atoms with Crippen LogP contribution in [0.15, 0.2) is 48.7 Å². The SMILES string of the molecule is Cc1cccc(OC2CCC(Cc3cccc(Nc4ccnn4C(C)(C)C)n3)(C(=O)NCC=O)CC2)c1F. The minimum Gasteiger partial charge on any atom is -0.487 e. The van der Waals surface area contributed by atoms with Gasteiger partial charge in [0.1, 0.15) is 17.9 Å². The monoisotopic (exact) mass is 521 g/mol. The van der Waals surface area contributed by atoms with Crippen LogP contribution in [0.5, 0.6) is 5.75 Å². The van der Waals surface area contributed by atoms with Crippen LogP contribution >= 0.6 is 0 Å². The van der Waals surface area contributed by atoms with Gasteiger partial charge in [0.25, 0.3) is 0 Å². The first kappa shape index (κ1) is 27.3. The van der Waals surface area contributed by atoms with E-state index < -0.39 is 5.41 Å². The molecule has 1 fully saturated rings. The van der Waals surface area contributed by atoms with Crippen molar-refractivity contribution >= 4 is 23.8 Å². The third-order valence-electron chi connectivity index (χ3n) is 7.03. The van der Waals surface area contributed by atoms with Crippen molar-refractivity contribution < 1.29 is 18.7 Å². The molecule has 9 heteroatoms. The summed E-state index contributed by atoms with van der Waals surface area (Å²) in [5, 5.41) is 10.5. The summed E-state index contributed by atoms with van der Waals surface area (Å²) in [6.45, 7) is 7.89. The lowest BCUT2D eigenvalue weighted by Gasteiger charge is -2.38. The Morgan fingerprint density at radius 3 is 2.63 bits per heavy atom. The maximum absolute atomic E-state index is 14.5. The number of halogens is 1. The summed E-state index contributed by atoms with van der Waals surface area (Å²) < 4.78 is 22.4. The van der Waals surface area contributed by atoms with Crippen LogP contribution in [-0.2, 0) is 21.5 Å². The summed E-state index contributed by atoms with van der Waals surface area (Å²) in [7, 11) is 0. The standard InChI is InChI=1S/C29H36FN5O3/c1-20-7-5-9-23(26(20)30)38-22-11-14-29(15-12-22,27(37)31-17-18-36)19-21-8-6-10-24(33-21)34-25-13-16-32-35(25)28(2,3)4/h5-10,13,16,18,22H,11-12,14-15,17,19H2,1-4H3,(H,31,37)(H,33,34). The van der Waals surface area contributed by atoms with Crippen molar-refractivity contribution in [2.24, 2.45) is 5.41 Å². The number of carbonyl (C=O) groups excluding carboxylic acids is 2. The van der Waals surface area contributed by atoms with E-state index in [9.17, 15) is 14.0 Å². The normalized spacial score (nSPS) is 19.6. The predicted octanol–water partition coefficient (Wildman–Crippen LogP) is 5.09. The zero-order valence-corrected chi connectivity index (χ0v) is 22.5. The van der Waals surface area contributed by atoms with Crippen LogP contribution in [0.1, 0.15) is 57.7 Å². The molecule has 0 bridgehead atoms. The van der Waals surface area contributed by atoms with Gasteiger partial charge in [-0.2, -0.15) is 5.10 Å². The molecular weight excluding hydrogens is 485 g/mol. The summed E-state index contributed by atoms with van der Waals surface area (Å²) in [4.78, 5) is 29.1. The fourth-order valence-corrected chi connectivity index (χ4v) is 5.02. The van der Waals surface area contributed by atoms with Crippen molar-refractivity contribution in [3.8, 4) is 5.75 Å². The third-order valence-corrected chi connectivity index (χ3v) is 7.03. The Bertz CT molecular complexity index is 1280. The van der Waals surface area contributed by atoms with Gasteiger partial charge in [0.15, 0.2) is 11.6 Å². The number of pyridine rings is 1. The molecule has 1 aromatic carbocycles. The van der Waals surface area contributed by atoms with Crippen molar-refractivity contribution in [2.75, 3.05) is 11.9 Å². The molecule has 4 rings (SSSR count). The molecule has 0 saturated heterocycles. The van der Waals surface area contributed by atoms with E-state index in [1.807, 2.05) is 28.9 Å². The van der Waals surface area contributed by atoms with Gasteiger partial charge in [0.2, 0.25) is 5.91 Å². The number of aldehydes is 1. The molecule has 2 aromatic heterocycles. The molecule has 8 nitrogen and oxygen atoms in total. The number of rotatable bonds is 9. The van der Waals surface area contributed by atoms with Crippen LogP contribution in [0.2, 0.25) is 0 Å².